The van der Waals surface area contributed by atoms with E-state index in [4.69, 9.17) is 4.74 Å². The number of halogens is 1. The molecule has 0 bridgehead atoms. The van der Waals surface area contributed by atoms with Gasteiger partial charge >= 0.3 is 0 Å². The Balaban J connectivity index is 1.94. The predicted octanol–water partition coefficient (Wildman–Crippen LogP) is 2.12. The van der Waals surface area contributed by atoms with Crippen molar-refractivity contribution in [3.63, 3.8) is 0 Å². The number of amides is 1. The van der Waals surface area contributed by atoms with E-state index in [0.29, 0.717) is 5.56 Å². The third-order valence-electron chi connectivity index (χ3n) is 2.99. The van der Waals surface area contributed by atoms with Crippen molar-refractivity contribution in [2.24, 2.45) is 0 Å². The van der Waals surface area contributed by atoms with Crippen LogP contribution in [0.5, 0.6) is 0 Å². The molecule has 0 aliphatic carbocycles. The number of carbonyl (C=O) groups excluding carboxylic acids is 1. The highest BCUT2D eigenvalue weighted by atomic mass is 19.1. The van der Waals surface area contributed by atoms with Crippen molar-refractivity contribution in [2.45, 2.75) is 31.9 Å². The minimum Gasteiger partial charge on any atom is -0.376 e. The molecule has 2 rings (SSSR count). The highest BCUT2D eigenvalue weighted by Gasteiger charge is 2.23. The summed E-state index contributed by atoms with van der Waals surface area (Å²) in [7, 11) is 0. The Labute approximate surface area is 100.0 Å². The highest BCUT2D eigenvalue weighted by molar-refractivity contribution is 5.94. The van der Waals surface area contributed by atoms with E-state index in [-0.39, 0.29) is 23.9 Å². The summed E-state index contributed by atoms with van der Waals surface area (Å²) < 4.78 is 18.2. The molecule has 1 aliphatic heterocycles. The SMILES string of the molecule is C[C@@H](NC(=O)c1ccc(F)cc1)[C@H]1CCCO1. The van der Waals surface area contributed by atoms with Crippen LogP contribution in [-0.4, -0.2) is 24.7 Å². The lowest BCUT2D eigenvalue weighted by atomic mass is 10.1. The van der Waals surface area contributed by atoms with Crippen LogP contribution in [0.4, 0.5) is 4.39 Å². The Kier molecular flexibility index (Phi) is 3.74. The molecule has 1 heterocycles. The summed E-state index contributed by atoms with van der Waals surface area (Å²) in [5.41, 5.74) is 0.469. The van der Waals surface area contributed by atoms with Gasteiger partial charge in [0.25, 0.3) is 5.91 Å². The van der Waals surface area contributed by atoms with Gasteiger partial charge in [-0.05, 0) is 44.0 Å². The van der Waals surface area contributed by atoms with E-state index in [1.165, 1.54) is 24.3 Å². The second-order valence-electron chi connectivity index (χ2n) is 4.32. The van der Waals surface area contributed by atoms with Crippen LogP contribution < -0.4 is 5.32 Å². The molecule has 1 N–H and O–H groups in total. The normalized spacial score (nSPS) is 21.2. The number of ether oxygens (including phenoxy) is 1. The summed E-state index contributed by atoms with van der Waals surface area (Å²) in [5, 5.41) is 2.87. The summed E-state index contributed by atoms with van der Waals surface area (Å²) in [6, 6.07) is 5.51. The highest BCUT2D eigenvalue weighted by Crippen LogP contribution is 2.15. The molecule has 1 fully saturated rings. The van der Waals surface area contributed by atoms with Gasteiger partial charge < -0.3 is 10.1 Å². The van der Waals surface area contributed by atoms with Crippen LogP contribution in [0.1, 0.15) is 30.1 Å². The van der Waals surface area contributed by atoms with Gasteiger partial charge in [-0.2, -0.15) is 0 Å². The Hall–Kier alpha value is -1.42. The Morgan fingerprint density at radius 3 is 2.76 bits per heavy atom. The maximum atomic E-state index is 12.7. The number of hydrogen-bond acceptors (Lipinski definition) is 2. The molecule has 1 aliphatic rings. The van der Waals surface area contributed by atoms with Gasteiger partial charge in [-0.15, -0.1) is 0 Å². The maximum Gasteiger partial charge on any atom is 0.251 e. The molecule has 3 nitrogen and oxygen atoms in total. The molecule has 0 unspecified atom stereocenters. The average molecular weight is 237 g/mol. The zero-order valence-corrected chi connectivity index (χ0v) is 9.78. The zero-order valence-electron chi connectivity index (χ0n) is 9.78. The molecular weight excluding hydrogens is 221 g/mol. The molecule has 0 saturated carbocycles. The lowest BCUT2D eigenvalue weighted by molar-refractivity contribution is 0.0712. The van der Waals surface area contributed by atoms with E-state index in [1.807, 2.05) is 6.92 Å². The van der Waals surface area contributed by atoms with E-state index in [2.05, 4.69) is 5.32 Å². The standard InChI is InChI=1S/C13H16FNO2/c1-9(12-3-2-8-17-12)15-13(16)10-4-6-11(14)7-5-10/h4-7,9,12H,2-3,8H2,1H3,(H,15,16)/t9-,12-/m1/s1. The molecule has 1 saturated heterocycles. The fourth-order valence-corrected chi connectivity index (χ4v) is 1.98. The van der Waals surface area contributed by atoms with Gasteiger partial charge in [-0.3, -0.25) is 4.79 Å². The van der Waals surface area contributed by atoms with Crippen molar-refractivity contribution < 1.29 is 13.9 Å². The zero-order chi connectivity index (χ0) is 12.3. The number of rotatable bonds is 3. The van der Waals surface area contributed by atoms with Crippen molar-refractivity contribution in [2.75, 3.05) is 6.61 Å². The molecule has 1 amide bonds. The van der Waals surface area contributed by atoms with Crippen LogP contribution in [0.2, 0.25) is 0 Å². The van der Waals surface area contributed by atoms with Gasteiger partial charge in [0.1, 0.15) is 5.82 Å². The van der Waals surface area contributed by atoms with Gasteiger partial charge in [0.05, 0.1) is 12.1 Å². The van der Waals surface area contributed by atoms with E-state index >= 15 is 0 Å². The first-order valence-electron chi connectivity index (χ1n) is 5.85. The summed E-state index contributed by atoms with van der Waals surface area (Å²) in [5.74, 6) is -0.526. The van der Waals surface area contributed by atoms with Gasteiger partial charge in [0, 0.05) is 12.2 Å². The van der Waals surface area contributed by atoms with Gasteiger partial charge in [0.2, 0.25) is 0 Å². The summed E-state index contributed by atoms with van der Waals surface area (Å²) in [6.07, 6.45) is 2.12. The molecule has 0 aromatic heterocycles. The second kappa shape index (κ2) is 5.27. The van der Waals surface area contributed by atoms with Crippen LogP contribution in [0.3, 0.4) is 0 Å². The quantitative estimate of drug-likeness (QED) is 0.874. The van der Waals surface area contributed by atoms with E-state index < -0.39 is 0 Å². The van der Waals surface area contributed by atoms with E-state index in [1.54, 1.807) is 0 Å². The number of nitrogens with one attached hydrogen (secondary N) is 1. The summed E-state index contributed by atoms with van der Waals surface area (Å²) >= 11 is 0. The lowest BCUT2D eigenvalue weighted by Gasteiger charge is -2.19. The summed E-state index contributed by atoms with van der Waals surface area (Å²) in [4.78, 5) is 11.8. The molecule has 4 heteroatoms. The molecule has 2 atom stereocenters. The first kappa shape index (κ1) is 12.0. The monoisotopic (exact) mass is 237 g/mol. The minimum atomic E-state index is -0.339. The van der Waals surface area contributed by atoms with Crippen LogP contribution in [0, 0.1) is 5.82 Å². The molecular formula is C13H16FNO2. The third-order valence-corrected chi connectivity index (χ3v) is 2.99. The fraction of sp³-hybridized carbons (Fsp3) is 0.462. The first-order chi connectivity index (χ1) is 8.16. The van der Waals surface area contributed by atoms with Crippen molar-refractivity contribution in [3.8, 4) is 0 Å². The minimum absolute atomic E-state index is 0.0185. The molecule has 92 valence electrons. The number of hydrogen-bond donors (Lipinski definition) is 1. The van der Waals surface area contributed by atoms with Crippen molar-refractivity contribution in [1.29, 1.82) is 0 Å². The maximum absolute atomic E-state index is 12.7. The molecule has 1 aromatic carbocycles. The second-order valence-corrected chi connectivity index (χ2v) is 4.32. The Morgan fingerprint density at radius 2 is 2.18 bits per heavy atom. The van der Waals surface area contributed by atoms with Crippen LogP contribution >= 0.6 is 0 Å². The van der Waals surface area contributed by atoms with Gasteiger partial charge in [-0.25, -0.2) is 4.39 Å². The van der Waals surface area contributed by atoms with Crippen LogP contribution in [-0.2, 0) is 4.74 Å². The lowest BCUT2D eigenvalue weighted by Crippen LogP contribution is -2.40. The topological polar surface area (TPSA) is 38.3 Å². The summed E-state index contributed by atoms with van der Waals surface area (Å²) in [6.45, 7) is 2.69. The fourth-order valence-electron chi connectivity index (χ4n) is 1.98. The van der Waals surface area contributed by atoms with Gasteiger partial charge in [-0.1, -0.05) is 0 Å². The number of benzene rings is 1. The smallest absolute Gasteiger partial charge is 0.251 e. The van der Waals surface area contributed by atoms with Crippen LogP contribution in [0.25, 0.3) is 0 Å². The van der Waals surface area contributed by atoms with Gasteiger partial charge in [0.15, 0.2) is 0 Å². The molecule has 17 heavy (non-hydrogen) atoms. The largest absolute Gasteiger partial charge is 0.376 e. The van der Waals surface area contributed by atoms with Crippen molar-refractivity contribution in [3.05, 3.63) is 35.6 Å². The van der Waals surface area contributed by atoms with Crippen molar-refractivity contribution >= 4 is 5.91 Å². The predicted molar refractivity (Wildman–Crippen MR) is 62.3 cm³/mol. The van der Waals surface area contributed by atoms with Crippen molar-refractivity contribution in [1.82, 2.24) is 5.32 Å². The van der Waals surface area contributed by atoms with E-state index in [9.17, 15) is 9.18 Å². The molecule has 0 radical (unpaired) electrons. The average Bonchev–Trinajstić information content (AvgIpc) is 2.83. The number of carbonyl (C=O) groups is 1. The van der Waals surface area contributed by atoms with Crippen LogP contribution in [0.15, 0.2) is 24.3 Å². The molecule has 0 spiro atoms. The first-order valence-corrected chi connectivity index (χ1v) is 5.85. The molecule has 1 aromatic rings. The Bertz CT molecular complexity index is 385. The third kappa shape index (κ3) is 3.03. The van der Waals surface area contributed by atoms with E-state index in [0.717, 1.165) is 19.4 Å². The Morgan fingerprint density at radius 1 is 1.47 bits per heavy atom.